The predicted molar refractivity (Wildman–Crippen MR) is 133 cm³/mol. The van der Waals surface area contributed by atoms with Crippen LogP contribution in [0.15, 0.2) is 60.7 Å². The van der Waals surface area contributed by atoms with Crippen LogP contribution in [0.25, 0.3) is 0 Å². The van der Waals surface area contributed by atoms with E-state index in [1.54, 1.807) is 18.2 Å². The van der Waals surface area contributed by atoms with Crippen molar-refractivity contribution in [3.05, 3.63) is 83.2 Å². The molecule has 1 aliphatic heterocycles. The quantitative estimate of drug-likeness (QED) is 0.489. The number of halogens is 1. The summed E-state index contributed by atoms with van der Waals surface area (Å²) < 4.78 is 29.8. The molecule has 1 aromatic heterocycles. The second-order valence-corrected chi connectivity index (χ2v) is 8.48. The van der Waals surface area contributed by atoms with Crippen molar-refractivity contribution < 1.29 is 28.2 Å². The Hall–Kier alpha value is -3.98. The Morgan fingerprint density at radius 3 is 2.61 bits per heavy atom. The van der Waals surface area contributed by atoms with Crippen LogP contribution in [0.2, 0.25) is 0 Å². The highest BCUT2D eigenvalue weighted by Gasteiger charge is 2.33. The molecule has 2 amide bonds. The molecule has 9 heteroatoms. The Morgan fingerprint density at radius 2 is 1.89 bits per heavy atom. The first-order chi connectivity index (χ1) is 17.4. The molecule has 0 bridgehead atoms. The van der Waals surface area contributed by atoms with E-state index in [2.05, 4.69) is 10.3 Å². The molecule has 0 radical (unpaired) electrons. The molecule has 4 rings (SSSR count). The zero-order valence-corrected chi connectivity index (χ0v) is 20.2. The average molecular weight is 494 g/mol. The van der Waals surface area contributed by atoms with Crippen LogP contribution in [0.1, 0.15) is 30.0 Å². The molecule has 1 aliphatic rings. The van der Waals surface area contributed by atoms with Gasteiger partial charge < -0.3 is 19.5 Å². The summed E-state index contributed by atoms with van der Waals surface area (Å²) in [7, 11) is 1.52. The van der Waals surface area contributed by atoms with Crippen molar-refractivity contribution in [2.75, 3.05) is 30.5 Å². The normalized spacial score (nSPS) is 14.5. The molecule has 188 valence electrons. The summed E-state index contributed by atoms with van der Waals surface area (Å²) in [5.41, 5.74) is 2.77. The molecule has 0 fully saturated rings. The molecular formula is C27H28FN3O5. The number of fused-ring (bicyclic) bond motifs is 1. The van der Waals surface area contributed by atoms with Crippen LogP contribution in [0.3, 0.4) is 0 Å². The number of methoxy groups -OCH3 is 1. The largest absolute Gasteiger partial charge is 0.474 e. The smallest absolute Gasteiger partial charge is 0.415 e. The highest BCUT2D eigenvalue weighted by molar-refractivity contribution is 5.93. The van der Waals surface area contributed by atoms with E-state index in [1.807, 2.05) is 37.3 Å². The second-order valence-electron chi connectivity index (χ2n) is 8.48. The molecule has 1 N–H and O–H groups in total. The lowest BCUT2D eigenvalue weighted by molar-refractivity contribution is -0.117. The predicted octanol–water partition coefficient (Wildman–Crippen LogP) is 4.71. The van der Waals surface area contributed by atoms with Gasteiger partial charge in [-0.05, 0) is 36.2 Å². The minimum atomic E-state index is -0.526. The van der Waals surface area contributed by atoms with E-state index >= 15 is 0 Å². The van der Waals surface area contributed by atoms with Crippen LogP contribution in [-0.2, 0) is 27.3 Å². The lowest BCUT2D eigenvalue weighted by Gasteiger charge is -2.34. The third-order valence-corrected chi connectivity index (χ3v) is 5.71. The van der Waals surface area contributed by atoms with Crippen molar-refractivity contribution in [3.8, 4) is 5.88 Å². The van der Waals surface area contributed by atoms with Crippen LogP contribution in [0.4, 0.5) is 20.7 Å². The van der Waals surface area contributed by atoms with Gasteiger partial charge in [0.1, 0.15) is 30.5 Å². The number of aromatic nitrogens is 1. The molecule has 0 unspecified atom stereocenters. The fraction of sp³-hybridized carbons (Fsp3) is 0.296. The maximum atomic E-state index is 13.4. The SMILES string of the molecule is COCCC(=O)Nc1nc2c(cc1Cc1ccc(F)cc1)N(C(=O)OCc1ccccc1)[C@@H](C)CO2. The molecular weight excluding hydrogens is 465 g/mol. The van der Waals surface area contributed by atoms with E-state index in [-0.39, 0.29) is 49.9 Å². The first kappa shape index (κ1) is 25.1. The van der Waals surface area contributed by atoms with Gasteiger partial charge in [-0.2, -0.15) is 4.98 Å². The highest BCUT2D eigenvalue weighted by Crippen LogP contribution is 2.37. The summed E-state index contributed by atoms with van der Waals surface area (Å²) in [5.74, 6) is -0.0843. The third-order valence-electron chi connectivity index (χ3n) is 5.71. The molecule has 8 nitrogen and oxygen atoms in total. The van der Waals surface area contributed by atoms with E-state index in [9.17, 15) is 14.0 Å². The van der Waals surface area contributed by atoms with Crippen molar-refractivity contribution >= 4 is 23.5 Å². The maximum absolute atomic E-state index is 13.4. The number of carbonyl (C=O) groups excluding carboxylic acids is 2. The minimum Gasteiger partial charge on any atom is -0.474 e. The Bertz CT molecular complexity index is 1200. The summed E-state index contributed by atoms with van der Waals surface area (Å²) in [4.78, 5) is 31.6. The zero-order chi connectivity index (χ0) is 25.5. The van der Waals surface area contributed by atoms with Gasteiger partial charge in [0.25, 0.3) is 0 Å². The monoisotopic (exact) mass is 493 g/mol. The number of hydrogen-bond acceptors (Lipinski definition) is 6. The first-order valence-electron chi connectivity index (χ1n) is 11.6. The molecule has 0 spiro atoms. The lowest BCUT2D eigenvalue weighted by Crippen LogP contribution is -2.45. The second kappa shape index (κ2) is 11.6. The molecule has 2 aromatic carbocycles. The molecule has 36 heavy (non-hydrogen) atoms. The van der Waals surface area contributed by atoms with Gasteiger partial charge in [0.2, 0.25) is 11.8 Å². The van der Waals surface area contributed by atoms with Gasteiger partial charge in [-0.25, -0.2) is 9.18 Å². The molecule has 2 heterocycles. The average Bonchev–Trinajstić information content (AvgIpc) is 2.88. The number of ether oxygens (including phenoxy) is 3. The third kappa shape index (κ3) is 6.17. The summed E-state index contributed by atoms with van der Waals surface area (Å²) in [6.45, 7) is 2.46. The van der Waals surface area contributed by atoms with Gasteiger partial charge in [0, 0.05) is 19.1 Å². The minimum absolute atomic E-state index is 0.128. The molecule has 0 aliphatic carbocycles. The van der Waals surface area contributed by atoms with Crippen LogP contribution in [-0.4, -0.2) is 43.3 Å². The highest BCUT2D eigenvalue weighted by atomic mass is 19.1. The van der Waals surface area contributed by atoms with Crippen LogP contribution in [0, 0.1) is 5.82 Å². The Labute approximate surface area is 209 Å². The molecule has 0 saturated carbocycles. The summed E-state index contributed by atoms with van der Waals surface area (Å²) in [5, 5.41) is 2.81. The number of rotatable bonds is 8. The number of pyridine rings is 1. The van der Waals surface area contributed by atoms with E-state index in [0.717, 1.165) is 11.1 Å². The summed E-state index contributed by atoms with van der Waals surface area (Å²) in [6.07, 6.45) is -0.0228. The van der Waals surface area contributed by atoms with Gasteiger partial charge >= 0.3 is 6.09 Å². The fourth-order valence-corrected chi connectivity index (χ4v) is 3.84. The molecule has 1 atom stereocenters. The van der Waals surface area contributed by atoms with E-state index in [0.29, 0.717) is 23.5 Å². The van der Waals surface area contributed by atoms with Crippen LogP contribution >= 0.6 is 0 Å². The van der Waals surface area contributed by atoms with Gasteiger partial charge in [-0.3, -0.25) is 9.69 Å². The Morgan fingerprint density at radius 1 is 1.14 bits per heavy atom. The number of benzene rings is 2. The number of nitrogens with zero attached hydrogens (tertiary/aromatic N) is 2. The summed E-state index contributed by atoms with van der Waals surface area (Å²) >= 11 is 0. The van der Waals surface area contributed by atoms with E-state index in [1.165, 1.54) is 24.1 Å². The number of hydrogen-bond donors (Lipinski definition) is 1. The van der Waals surface area contributed by atoms with Crippen molar-refractivity contribution in [3.63, 3.8) is 0 Å². The van der Waals surface area contributed by atoms with Gasteiger partial charge in [0.15, 0.2) is 0 Å². The Kier molecular flexibility index (Phi) is 8.12. The maximum Gasteiger partial charge on any atom is 0.415 e. The van der Waals surface area contributed by atoms with Crippen LogP contribution < -0.4 is 15.0 Å². The summed E-state index contributed by atoms with van der Waals surface area (Å²) in [6, 6.07) is 16.9. The molecule has 3 aromatic rings. The van der Waals surface area contributed by atoms with E-state index < -0.39 is 6.09 Å². The van der Waals surface area contributed by atoms with Gasteiger partial charge in [0.05, 0.1) is 19.1 Å². The van der Waals surface area contributed by atoms with Gasteiger partial charge in [-0.1, -0.05) is 42.5 Å². The topological polar surface area (TPSA) is 90.0 Å². The fourth-order valence-electron chi connectivity index (χ4n) is 3.84. The molecule has 0 saturated heterocycles. The van der Waals surface area contributed by atoms with Crippen molar-refractivity contribution in [1.82, 2.24) is 4.98 Å². The Balaban J connectivity index is 1.64. The van der Waals surface area contributed by atoms with Crippen molar-refractivity contribution in [1.29, 1.82) is 0 Å². The standard InChI is InChI=1S/C27H28FN3O5/c1-18-16-35-26-23(31(18)27(33)36-17-20-6-4-3-5-7-20)15-21(14-19-8-10-22(28)11-9-19)25(30-26)29-24(32)12-13-34-2/h3-11,15,18H,12-14,16-17H2,1-2H3,(H,29,30,32)/t18-/m0/s1. The number of carbonyl (C=O) groups is 2. The van der Waals surface area contributed by atoms with Crippen molar-refractivity contribution in [2.45, 2.75) is 32.4 Å². The van der Waals surface area contributed by atoms with E-state index in [4.69, 9.17) is 14.2 Å². The van der Waals surface area contributed by atoms with Crippen LogP contribution in [0.5, 0.6) is 5.88 Å². The van der Waals surface area contributed by atoms with Crippen molar-refractivity contribution in [2.24, 2.45) is 0 Å². The zero-order valence-electron chi connectivity index (χ0n) is 20.2. The lowest BCUT2D eigenvalue weighted by atomic mass is 10.0. The van der Waals surface area contributed by atoms with Gasteiger partial charge in [-0.15, -0.1) is 0 Å². The number of nitrogens with one attached hydrogen (secondary N) is 1. The first-order valence-corrected chi connectivity index (χ1v) is 11.6. The number of amides is 2. The number of anilines is 2.